The summed E-state index contributed by atoms with van der Waals surface area (Å²) in [6, 6.07) is 13.6. The quantitative estimate of drug-likeness (QED) is 0.774. The molecule has 0 saturated carbocycles. The lowest BCUT2D eigenvalue weighted by molar-refractivity contribution is -0.121. The van der Waals surface area contributed by atoms with Crippen LogP contribution in [0.2, 0.25) is 0 Å². The molecule has 0 spiro atoms. The van der Waals surface area contributed by atoms with Gasteiger partial charge in [-0.25, -0.2) is 0 Å². The highest BCUT2D eigenvalue weighted by Crippen LogP contribution is 2.26. The lowest BCUT2D eigenvalue weighted by Gasteiger charge is -2.25. The number of nitrogens with zero attached hydrogens (tertiary/aromatic N) is 1. The van der Waals surface area contributed by atoms with Crippen molar-refractivity contribution in [3.05, 3.63) is 59.2 Å². The average molecular weight is 368 g/mol. The molecule has 0 aliphatic heterocycles. The van der Waals surface area contributed by atoms with Crippen LogP contribution >= 0.6 is 0 Å². The van der Waals surface area contributed by atoms with Gasteiger partial charge in [-0.05, 0) is 30.5 Å². The molecular formula is C22H28N2O3. The minimum absolute atomic E-state index is 0.0588. The first kappa shape index (κ1) is 20.5. The molecule has 0 bridgehead atoms. The summed E-state index contributed by atoms with van der Waals surface area (Å²) < 4.78 is 5.30. The van der Waals surface area contributed by atoms with E-state index in [-0.39, 0.29) is 18.2 Å². The Morgan fingerprint density at radius 1 is 1.07 bits per heavy atom. The molecule has 0 saturated heterocycles. The average Bonchev–Trinajstić information content (AvgIpc) is 2.67. The molecule has 2 aromatic rings. The highest BCUT2D eigenvalue weighted by atomic mass is 16.5. The maximum Gasteiger partial charge on any atom is 0.223 e. The number of anilines is 1. The Hall–Kier alpha value is -2.82. The summed E-state index contributed by atoms with van der Waals surface area (Å²) in [5.74, 6) is 0.589. The van der Waals surface area contributed by atoms with Gasteiger partial charge in [0.15, 0.2) is 0 Å². The molecule has 1 N–H and O–H groups in total. The summed E-state index contributed by atoms with van der Waals surface area (Å²) in [4.78, 5) is 26.2. The number of carbonyl (C=O) groups excluding carboxylic acids is 2. The molecule has 0 unspecified atom stereocenters. The van der Waals surface area contributed by atoms with Crippen LogP contribution in [0.15, 0.2) is 42.5 Å². The number of nitrogens with one attached hydrogen (secondary N) is 1. The molecule has 5 nitrogen and oxygen atoms in total. The summed E-state index contributed by atoms with van der Waals surface area (Å²) in [6.07, 6.45) is 1.08. The summed E-state index contributed by atoms with van der Waals surface area (Å²) in [7, 11) is 1.61. The first-order valence-electron chi connectivity index (χ1n) is 9.23. The van der Waals surface area contributed by atoms with Crippen LogP contribution in [0.5, 0.6) is 5.75 Å². The molecule has 0 heterocycles. The minimum Gasteiger partial charge on any atom is -0.496 e. The zero-order valence-corrected chi connectivity index (χ0v) is 16.5. The SMILES string of the molecule is CCc1cccc(C)c1N(CCC(=O)NCc1ccccc1OC)C(C)=O. The number of benzene rings is 2. The van der Waals surface area contributed by atoms with Crippen LogP contribution in [0.1, 0.15) is 37.0 Å². The van der Waals surface area contributed by atoms with Crippen molar-refractivity contribution in [3.8, 4) is 5.75 Å². The van der Waals surface area contributed by atoms with Gasteiger partial charge in [-0.1, -0.05) is 43.3 Å². The molecule has 0 aliphatic carbocycles. The van der Waals surface area contributed by atoms with Crippen LogP contribution in [0.25, 0.3) is 0 Å². The lowest BCUT2D eigenvalue weighted by Crippen LogP contribution is -2.34. The van der Waals surface area contributed by atoms with Crippen LogP contribution in [0.4, 0.5) is 5.69 Å². The van der Waals surface area contributed by atoms with Gasteiger partial charge in [0.2, 0.25) is 11.8 Å². The fourth-order valence-electron chi connectivity index (χ4n) is 3.16. The monoisotopic (exact) mass is 368 g/mol. The molecule has 0 fully saturated rings. The molecule has 0 aliphatic rings. The van der Waals surface area contributed by atoms with E-state index in [0.29, 0.717) is 13.1 Å². The van der Waals surface area contributed by atoms with Gasteiger partial charge in [0.1, 0.15) is 5.75 Å². The number of rotatable bonds is 8. The van der Waals surface area contributed by atoms with Crippen LogP contribution < -0.4 is 15.0 Å². The Balaban J connectivity index is 2.02. The second-order valence-electron chi connectivity index (χ2n) is 6.45. The molecule has 2 rings (SSSR count). The summed E-state index contributed by atoms with van der Waals surface area (Å²) >= 11 is 0. The van der Waals surface area contributed by atoms with E-state index < -0.39 is 0 Å². The van der Waals surface area contributed by atoms with E-state index in [9.17, 15) is 9.59 Å². The fourth-order valence-corrected chi connectivity index (χ4v) is 3.16. The zero-order valence-electron chi connectivity index (χ0n) is 16.5. The molecule has 27 heavy (non-hydrogen) atoms. The Morgan fingerprint density at radius 2 is 1.78 bits per heavy atom. The second-order valence-corrected chi connectivity index (χ2v) is 6.45. The van der Waals surface area contributed by atoms with Gasteiger partial charge >= 0.3 is 0 Å². The second kappa shape index (κ2) is 9.76. The zero-order chi connectivity index (χ0) is 19.8. The number of hydrogen-bond acceptors (Lipinski definition) is 3. The van der Waals surface area contributed by atoms with Crippen LogP contribution in [-0.2, 0) is 22.6 Å². The molecule has 2 aromatic carbocycles. The van der Waals surface area contributed by atoms with Gasteiger partial charge < -0.3 is 15.0 Å². The van der Waals surface area contributed by atoms with Gasteiger partial charge in [0, 0.05) is 37.7 Å². The van der Waals surface area contributed by atoms with E-state index in [2.05, 4.69) is 12.2 Å². The molecule has 0 aromatic heterocycles. The number of hydrogen-bond donors (Lipinski definition) is 1. The van der Waals surface area contributed by atoms with Gasteiger partial charge in [-0.2, -0.15) is 0 Å². The van der Waals surface area contributed by atoms with Crippen molar-refractivity contribution in [2.24, 2.45) is 0 Å². The van der Waals surface area contributed by atoms with Gasteiger partial charge in [-0.3, -0.25) is 9.59 Å². The van der Waals surface area contributed by atoms with Crippen molar-refractivity contribution < 1.29 is 14.3 Å². The number of amides is 2. The Labute approximate surface area is 161 Å². The number of ether oxygens (including phenoxy) is 1. The van der Waals surface area contributed by atoms with Crippen molar-refractivity contribution in [1.29, 1.82) is 0 Å². The maximum absolute atomic E-state index is 12.3. The molecule has 5 heteroatoms. The summed E-state index contributed by atoms with van der Waals surface area (Å²) in [6.45, 7) is 6.35. The van der Waals surface area contributed by atoms with Gasteiger partial charge in [0.25, 0.3) is 0 Å². The lowest BCUT2D eigenvalue weighted by atomic mass is 10.0. The third kappa shape index (κ3) is 5.33. The van der Waals surface area contributed by atoms with Crippen molar-refractivity contribution in [2.45, 2.75) is 40.2 Å². The highest BCUT2D eigenvalue weighted by Gasteiger charge is 2.18. The predicted octanol–water partition coefficient (Wildman–Crippen LogP) is 3.63. The number of carbonyl (C=O) groups is 2. The summed E-state index contributed by atoms with van der Waals surface area (Å²) in [5.41, 5.74) is 3.99. The molecule has 144 valence electrons. The molecular weight excluding hydrogens is 340 g/mol. The first-order valence-corrected chi connectivity index (χ1v) is 9.23. The van der Waals surface area contributed by atoms with Gasteiger partial charge in [-0.15, -0.1) is 0 Å². The van der Waals surface area contributed by atoms with Crippen LogP contribution in [0.3, 0.4) is 0 Å². The van der Waals surface area contributed by atoms with Crippen molar-refractivity contribution in [1.82, 2.24) is 5.32 Å². The van der Waals surface area contributed by atoms with E-state index in [0.717, 1.165) is 34.5 Å². The van der Waals surface area contributed by atoms with Crippen molar-refractivity contribution in [2.75, 3.05) is 18.6 Å². The standard InChI is InChI=1S/C22H28N2O3/c1-5-18-11-8-9-16(2)22(18)24(17(3)25)14-13-21(26)23-15-19-10-6-7-12-20(19)27-4/h6-12H,5,13-15H2,1-4H3,(H,23,26). The van der Waals surface area contributed by atoms with Crippen molar-refractivity contribution in [3.63, 3.8) is 0 Å². The van der Waals surface area contributed by atoms with E-state index in [1.807, 2.05) is 49.4 Å². The number of aryl methyl sites for hydroxylation is 2. The van der Waals surface area contributed by atoms with E-state index in [4.69, 9.17) is 4.74 Å². The summed E-state index contributed by atoms with van der Waals surface area (Å²) in [5, 5.41) is 2.91. The third-order valence-electron chi connectivity index (χ3n) is 4.58. The van der Waals surface area contributed by atoms with E-state index >= 15 is 0 Å². The predicted molar refractivity (Wildman–Crippen MR) is 108 cm³/mol. The highest BCUT2D eigenvalue weighted by molar-refractivity contribution is 5.94. The van der Waals surface area contributed by atoms with Crippen LogP contribution in [-0.4, -0.2) is 25.5 Å². The van der Waals surface area contributed by atoms with E-state index in [1.54, 1.807) is 18.9 Å². The largest absolute Gasteiger partial charge is 0.496 e. The molecule has 2 amide bonds. The third-order valence-corrected chi connectivity index (χ3v) is 4.58. The Kier molecular flexibility index (Phi) is 7.41. The maximum atomic E-state index is 12.3. The smallest absolute Gasteiger partial charge is 0.223 e. The minimum atomic E-state index is -0.0983. The van der Waals surface area contributed by atoms with E-state index in [1.165, 1.54) is 0 Å². The van der Waals surface area contributed by atoms with Crippen molar-refractivity contribution >= 4 is 17.5 Å². The molecule has 0 atom stereocenters. The first-order chi connectivity index (χ1) is 13.0. The number of para-hydroxylation sites is 2. The number of methoxy groups -OCH3 is 1. The topological polar surface area (TPSA) is 58.6 Å². The Morgan fingerprint density at radius 3 is 2.44 bits per heavy atom. The van der Waals surface area contributed by atoms with Crippen LogP contribution in [0, 0.1) is 6.92 Å². The fraction of sp³-hybridized carbons (Fsp3) is 0.364. The van der Waals surface area contributed by atoms with Gasteiger partial charge in [0.05, 0.1) is 7.11 Å². The Bertz CT molecular complexity index is 802. The normalized spacial score (nSPS) is 10.4. The molecule has 0 radical (unpaired) electrons.